The quantitative estimate of drug-likeness (QED) is 0.567. The molecule has 2 atom stereocenters. The van der Waals surface area contributed by atoms with Gasteiger partial charge in [-0.05, 0) is 31.2 Å². The fourth-order valence-electron chi connectivity index (χ4n) is 3.10. The number of fused-ring (bicyclic) bond motifs is 1. The normalized spacial score (nSPS) is 20.2. The number of hydrogen-bond donors (Lipinski definition) is 4. The van der Waals surface area contributed by atoms with Gasteiger partial charge in [0.25, 0.3) is 0 Å². The molecule has 2 aromatic heterocycles. The third kappa shape index (κ3) is 3.73. The summed E-state index contributed by atoms with van der Waals surface area (Å²) < 4.78 is 0. The summed E-state index contributed by atoms with van der Waals surface area (Å²) in [5.74, 6) is 0.878. The van der Waals surface area contributed by atoms with E-state index in [2.05, 4.69) is 45.2 Å². The number of H-pyrrole nitrogens is 1. The van der Waals surface area contributed by atoms with Crippen molar-refractivity contribution in [2.24, 2.45) is 0 Å². The number of benzene rings is 1. The zero-order valence-corrected chi connectivity index (χ0v) is 14.8. The van der Waals surface area contributed by atoms with E-state index in [1.165, 1.54) is 9.75 Å². The van der Waals surface area contributed by atoms with Gasteiger partial charge in [-0.15, -0.1) is 11.3 Å². The molecule has 2 unspecified atom stereocenters. The molecule has 0 spiro atoms. The van der Waals surface area contributed by atoms with Crippen molar-refractivity contribution in [3.05, 3.63) is 52.0 Å². The average molecular weight is 355 g/mol. The summed E-state index contributed by atoms with van der Waals surface area (Å²) in [6.45, 7) is 2.11. The number of imidazole rings is 1. The maximum atomic E-state index is 12.2. The standard InChI is InChI=1S/C18H21N5OS/c1-11-6-7-15(25-11)14-10-17(23-22-14)21-18(24)9-8-16-19-12-4-2-3-5-13(12)20-16/h2-7,14,17,22-23H,8-10H2,1H3,(H,19,20)(H,21,24). The van der Waals surface area contributed by atoms with Crippen LogP contribution in [0.2, 0.25) is 0 Å². The molecule has 1 aliphatic rings. The van der Waals surface area contributed by atoms with Gasteiger partial charge in [-0.25, -0.2) is 15.8 Å². The number of amides is 1. The van der Waals surface area contributed by atoms with Crippen molar-refractivity contribution in [2.45, 2.75) is 38.4 Å². The molecule has 4 N–H and O–H groups in total. The Bertz CT molecular complexity index is 853. The third-order valence-electron chi connectivity index (χ3n) is 4.37. The van der Waals surface area contributed by atoms with E-state index in [9.17, 15) is 4.79 Å². The van der Waals surface area contributed by atoms with Crippen LogP contribution in [0.4, 0.5) is 0 Å². The van der Waals surface area contributed by atoms with Gasteiger partial charge in [-0.3, -0.25) is 4.79 Å². The monoisotopic (exact) mass is 355 g/mol. The van der Waals surface area contributed by atoms with Gasteiger partial charge >= 0.3 is 0 Å². The number of aromatic nitrogens is 2. The Morgan fingerprint density at radius 1 is 1.28 bits per heavy atom. The zero-order chi connectivity index (χ0) is 17.2. The summed E-state index contributed by atoms with van der Waals surface area (Å²) in [7, 11) is 0. The van der Waals surface area contributed by atoms with E-state index in [1.54, 1.807) is 11.3 Å². The summed E-state index contributed by atoms with van der Waals surface area (Å²) in [4.78, 5) is 22.6. The van der Waals surface area contributed by atoms with Crippen LogP contribution in [0.5, 0.6) is 0 Å². The van der Waals surface area contributed by atoms with Crippen molar-refractivity contribution >= 4 is 28.3 Å². The van der Waals surface area contributed by atoms with E-state index in [4.69, 9.17) is 0 Å². The first kappa shape index (κ1) is 16.3. The number of hydrogen-bond acceptors (Lipinski definition) is 5. The highest BCUT2D eigenvalue weighted by molar-refractivity contribution is 7.12. The van der Waals surface area contributed by atoms with Crippen LogP contribution in [-0.2, 0) is 11.2 Å². The number of carbonyl (C=O) groups is 1. The van der Waals surface area contributed by atoms with E-state index in [0.29, 0.717) is 12.8 Å². The van der Waals surface area contributed by atoms with Gasteiger partial charge in [-0.1, -0.05) is 12.1 Å². The van der Waals surface area contributed by atoms with E-state index in [-0.39, 0.29) is 18.1 Å². The molecule has 25 heavy (non-hydrogen) atoms. The Morgan fingerprint density at radius 3 is 2.96 bits per heavy atom. The minimum absolute atomic E-state index is 0.0303. The average Bonchev–Trinajstić information content (AvgIpc) is 3.31. The van der Waals surface area contributed by atoms with E-state index < -0.39 is 0 Å². The molecular formula is C18H21N5OS. The first-order valence-electron chi connectivity index (χ1n) is 8.48. The molecule has 1 aliphatic heterocycles. The highest BCUT2D eigenvalue weighted by Crippen LogP contribution is 2.27. The first-order valence-corrected chi connectivity index (χ1v) is 9.29. The van der Waals surface area contributed by atoms with Gasteiger partial charge in [-0.2, -0.15) is 0 Å². The second kappa shape index (κ2) is 6.95. The molecule has 4 rings (SSSR count). The molecule has 0 radical (unpaired) electrons. The van der Waals surface area contributed by atoms with Crippen LogP contribution >= 0.6 is 11.3 Å². The van der Waals surface area contributed by atoms with Gasteiger partial charge in [0, 0.05) is 29.0 Å². The highest BCUT2D eigenvalue weighted by atomic mass is 32.1. The molecule has 0 bridgehead atoms. The fraction of sp³-hybridized carbons (Fsp3) is 0.333. The van der Waals surface area contributed by atoms with Crippen LogP contribution in [0, 0.1) is 6.92 Å². The molecule has 1 amide bonds. The molecule has 0 aliphatic carbocycles. The van der Waals surface area contributed by atoms with Crippen molar-refractivity contribution in [3.63, 3.8) is 0 Å². The number of rotatable bonds is 5. The first-order chi connectivity index (χ1) is 12.2. The summed E-state index contributed by atoms with van der Waals surface area (Å²) in [6, 6.07) is 12.4. The van der Waals surface area contributed by atoms with Crippen LogP contribution in [0.15, 0.2) is 36.4 Å². The summed E-state index contributed by atoms with van der Waals surface area (Å²) in [5.41, 5.74) is 8.37. The minimum Gasteiger partial charge on any atom is -0.342 e. The lowest BCUT2D eigenvalue weighted by Crippen LogP contribution is -2.44. The predicted molar refractivity (Wildman–Crippen MR) is 99.0 cm³/mol. The molecule has 1 saturated heterocycles. The topological polar surface area (TPSA) is 81.8 Å². The number of hydrazine groups is 1. The van der Waals surface area contributed by atoms with E-state index >= 15 is 0 Å². The van der Waals surface area contributed by atoms with E-state index in [1.807, 2.05) is 24.3 Å². The molecule has 0 saturated carbocycles. The Balaban J connectivity index is 1.28. The van der Waals surface area contributed by atoms with Crippen molar-refractivity contribution in [2.75, 3.05) is 0 Å². The molecule has 7 heteroatoms. The van der Waals surface area contributed by atoms with Crippen molar-refractivity contribution in [1.29, 1.82) is 0 Å². The molecule has 3 heterocycles. The van der Waals surface area contributed by atoms with Gasteiger partial charge in [0.15, 0.2) is 0 Å². The lowest BCUT2D eigenvalue weighted by Gasteiger charge is -2.11. The summed E-state index contributed by atoms with van der Waals surface area (Å²) in [5, 5.41) is 3.04. The molecule has 3 aromatic rings. The van der Waals surface area contributed by atoms with Crippen LogP contribution in [-0.4, -0.2) is 22.0 Å². The van der Waals surface area contributed by atoms with Crippen molar-refractivity contribution in [3.8, 4) is 0 Å². The van der Waals surface area contributed by atoms with Crippen LogP contribution in [0.3, 0.4) is 0 Å². The number of thiophene rings is 1. The lowest BCUT2D eigenvalue weighted by atomic mass is 10.1. The Kier molecular flexibility index (Phi) is 4.52. The fourth-order valence-corrected chi connectivity index (χ4v) is 4.04. The highest BCUT2D eigenvalue weighted by Gasteiger charge is 2.26. The molecular weight excluding hydrogens is 334 g/mol. The molecule has 6 nitrogen and oxygen atoms in total. The predicted octanol–water partition coefficient (Wildman–Crippen LogP) is 2.55. The zero-order valence-electron chi connectivity index (χ0n) is 14.0. The number of aryl methyl sites for hydroxylation is 2. The van der Waals surface area contributed by atoms with Crippen molar-refractivity contribution < 1.29 is 4.79 Å². The van der Waals surface area contributed by atoms with Gasteiger partial charge < -0.3 is 10.3 Å². The number of nitrogens with one attached hydrogen (secondary N) is 4. The molecule has 1 aromatic carbocycles. The van der Waals surface area contributed by atoms with Crippen LogP contribution < -0.4 is 16.2 Å². The third-order valence-corrected chi connectivity index (χ3v) is 5.48. The SMILES string of the molecule is Cc1ccc(C2CC(NC(=O)CCc3nc4ccccc4[nH]3)NN2)s1. The number of aromatic amines is 1. The van der Waals surface area contributed by atoms with Gasteiger partial charge in [0.05, 0.1) is 23.2 Å². The van der Waals surface area contributed by atoms with Crippen LogP contribution in [0.1, 0.15) is 34.5 Å². The Labute approximate surface area is 150 Å². The van der Waals surface area contributed by atoms with Gasteiger partial charge in [0.2, 0.25) is 5.91 Å². The minimum atomic E-state index is -0.0458. The second-order valence-corrected chi connectivity index (χ2v) is 7.67. The molecule has 130 valence electrons. The second-order valence-electron chi connectivity index (χ2n) is 6.35. The maximum absolute atomic E-state index is 12.2. The lowest BCUT2D eigenvalue weighted by molar-refractivity contribution is -0.121. The number of nitrogens with zero attached hydrogens (tertiary/aromatic N) is 1. The number of carbonyl (C=O) groups excluding carboxylic acids is 1. The van der Waals surface area contributed by atoms with Crippen LogP contribution in [0.25, 0.3) is 11.0 Å². The maximum Gasteiger partial charge on any atom is 0.221 e. The van der Waals surface area contributed by atoms with E-state index in [0.717, 1.165) is 23.3 Å². The largest absolute Gasteiger partial charge is 0.342 e. The van der Waals surface area contributed by atoms with Crippen molar-refractivity contribution in [1.82, 2.24) is 26.1 Å². The molecule has 1 fully saturated rings. The summed E-state index contributed by atoms with van der Waals surface area (Å²) >= 11 is 1.79. The van der Waals surface area contributed by atoms with Gasteiger partial charge in [0.1, 0.15) is 5.82 Å². The summed E-state index contributed by atoms with van der Waals surface area (Å²) in [6.07, 6.45) is 1.82. The Hall–Kier alpha value is -2.22. The Morgan fingerprint density at radius 2 is 2.16 bits per heavy atom. The number of para-hydroxylation sites is 2. The smallest absolute Gasteiger partial charge is 0.221 e.